The lowest BCUT2D eigenvalue weighted by Gasteiger charge is -2.22. The Balaban J connectivity index is 1.88. The number of nitrogens with zero attached hydrogens (tertiary/aromatic N) is 1. The molecule has 1 fully saturated rings. The Labute approximate surface area is 108 Å². The van der Waals surface area contributed by atoms with Crippen LogP contribution in [0, 0.1) is 0 Å². The zero-order valence-corrected chi connectivity index (χ0v) is 10.8. The highest BCUT2D eigenvalue weighted by Gasteiger charge is 2.32. The quantitative estimate of drug-likeness (QED) is 0.560. The maximum absolute atomic E-state index is 11.5. The highest BCUT2D eigenvalue weighted by atomic mass is 16.7. The molecule has 18 heavy (non-hydrogen) atoms. The first kappa shape index (κ1) is 13.3. The van der Waals surface area contributed by atoms with Gasteiger partial charge in [-0.25, -0.2) is 0 Å². The van der Waals surface area contributed by atoms with E-state index >= 15 is 0 Å². The third kappa shape index (κ3) is 3.67. The van der Waals surface area contributed by atoms with Crippen LogP contribution < -0.4 is 0 Å². The lowest BCUT2D eigenvalue weighted by molar-refractivity contribution is -0.204. The molecule has 0 bridgehead atoms. The molecule has 1 aliphatic heterocycles. The monoisotopic (exact) mass is 251 g/mol. The topological polar surface area (TPSA) is 46.6 Å². The minimum absolute atomic E-state index is 0.00116. The largest absolute Gasteiger partial charge is 0.272 e. The second-order valence-electron chi connectivity index (χ2n) is 5.00. The van der Waals surface area contributed by atoms with Gasteiger partial charge < -0.3 is 0 Å². The summed E-state index contributed by atoms with van der Waals surface area (Å²) in [6, 6.07) is 0. The summed E-state index contributed by atoms with van der Waals surface area (Å²) in [6.45, 7) is 0. The third-order valence-electron chi connectivity index (χ3n) is 3.48. The van der Waals surface area contributed by atoms with Crippen molar-refractivity contribution in [1.29, 1.82) is 0 Å². The lowest BCUT2D eigenvalue weighted by atomic mass is 10.0. The predicted molar refractivity (Wildman–Crippen MR) is 67.4 cm³/mol. The van der Waals surface area contributed by atoms with Gasteiger partial charge in [0.2, 0.25) is 0 Å². The van der Waals surface area contributed by atoms with Crippen molar-refractivity contribution < 1.29 is 14.4 Å². The molecule has 2 amide bonds. The summed E-state index contributed by atoms with van der Waals surface area (Å²) in [7, 11) is 0. The number of hydrogen-bond donors (Lipinski definition) is 0. The molecular formula is C14H21NO3. The summed E-state index contributed by atoms with van der Waals surface area (Å²) in [6.07, 6.45) is 12.4. The zero-order valence-electron chi connectivity index (χ0n) is 10.8. The van der Waals surface area contributed by atoms with Crippen LogP contribution >= 0.6 is 0 Å². The van der Waals surface area contributed by atoms with Gasteiger partial charge in [-0.15, -0.1) is 0 Å². The molecule has 0 saturated carbocycles. The molecule has 1 atom stereocenters. The second-order valence-corrected chi connectivity index (χ2v) is 5.00. The number of carbonyl (C=O) groups excluding carboxylic acids is 2. The number of rotatable bonds is 2. The van der Waals surface area contributed by atoms with E-state index in [0.717, 1.165) is 37.2 Å². The fraction of sp³-hybridized carbons (Fsp3) is 0.714. The van der Waals surface area contributed by atoms with Crippen molar-refractivity contribution in [1.82, 2.24) is 5.06 Å². The number of carbonyl (C=O) groups is 2. The van der Waals surface area contributed by atoms with Crippen molar-refractivity contribution in [3.8, 4) is 0 Å². The van der Waals surface area contributed by atoms with Gasteiger partial charge in [-0.1, -0.05) is 25.0 Å². The average Bonchev–Trinajstić information content (AvgIpc) is 2.69. The van der Waals surface area contributed by atoms with E-state index < -0.39 is 0 Å². The molecule has 0 aromatic carbocycles. The summed E-state index contributed by atoms with van der Waals surface area (Å²) in [4.78, 5) is 28.6. The van der Waals surface area contributed by atoms with Crippen molar-refractivity contribution in [2.24, 2.45) is 0 Å². The number of hydrogen-bond acceptors (Lipinski definition) is 3. The van der Waals surface area contributed by atoms with Crippen molar-refractivity contribution >= 4 is 11.8 Å². The van der Waals surface area contributed by atoms with Gasteiger partial charge in [-0.05, 0) is 32.1 Å². The fourth-order valence-electron chi connectivity index (χ4n) is 2.40. The van der Waals surface area contributed by atoms with Gasteiger partial charge in [0.25, 0.3) is 11.8 Å². The molecule has 0 N–H and O–H groups in total. The predicted octanol–water partition coefficient (Wildman–Crippen LogP) is 2.74. The Morgan fingerprint density at radius 2 is 1.67 bits per heavy atom. The van der Waals surface area contributed by atoms with Gasteiger partial charge in [0.1, 0.15) is 0 Å². The minimum atomic E-state index is -0.187. The molecule has 0 spiro atoms. The Morgan fingerprint density at radius 1 is 0.944 bits per heavy atom. The van der Waals surface area contributed by atoms with Gasteiger partial charge in [0.15, 0.2) is 0 Å². The molecule has 1 heterocycles. The van der Waals surface area contributed by atoms with E-state index in [4.69, 9.17) is 4.84 Å². The van der Waals surface area contributed by atoms with Crippen molar-refractivity contribution in [3.63, 3.8) is 0 Å². The number of allylic oxidation sites excluding steroid dienone is 2. The molecule has 0 radical (unpaired) electrons. The SMILES string of the molecule is O=C1CCC(=O)N1OC1CC/C=C\CCCCC1. The Hall–Kier alpha value is -1.16. The third-order valence-corrected chi connectivity index (χ3v) is 3.48. The van der Waals surface area contributed by atoms with Gasteiger partial charge in [0, 0.05) is 12.8 Å². The molecular weight excluding hydrogens is 230 g/mol. The molecule has 1 aliphatic carbocycles. The molecule has 0 aromatic rings. The molecule has 4 heteroatoms. The van der Waals surface area contributed by atoms with Crippen LogP contribution in [0.1, 0.15) is 57.8 Å². The normalized spacial score (nSPS) is 28.4. The van der Waals surface area contributed by atoms with E-state index in [-0.39, 0.29) is 17.9 Å². The van der Waals surface area contributed by atoms with Crippen LogP contribution in [0.4, 0.5) is 0 Å². The van der Waals surface area contributed by atoms with Crippen LogP contribution in [0.3, 0.4) is 0 Å². The first-order valence-corrected chi connectivity index (χ1v) is 6.95. The Kier molecular flexibility index (Phi) is 4.93. The number of imide groups is 1. The van der Waals surface area contributed by atoms with Crippen LogP contribution in [0.5, 0.6) is 0 Å². The highest BCUT2D eigenvalue weighted by Crippen LogP contribution is 2.20. The summed E-state index contributed by atoms with van der Waals surface area (Å²) < 4.78 is 0. The molecule has 0 aromatic heterocycles. The number of amides is 2. The molecule has 1 saturated heterocycles. The van der Waals surface area contributed by atoms with Crippen molar-refractivity contribution in [2.45, 2.75) is 63.9 Å². The lowest BCUT2D eigenvalue weighted by Crippen LogP contribution is -2.34. The van der Waals surface area contributed by atoms with E-state index in [0.29, 0.717) is 12.8 Å². The fourth-order valence-corrected chi connectivity index (χ4v) is 2.40. The smallest absolute Gasteiger partial charge is 0.254 e. The maximum atomic E-state index is 11.5. The van der Waals surface area contributed by atoms with E-state index in [1.165, 1.54) is 12.8 Å². The van der Waals surface area contributed by atoms with Gasteiger partial charge in [-0.3, -0.25) is 14.4 Å². The molecule has 2 aliphatic rings. The maximum Gasteiger partial charge on any atom is 0.254 e. The number of hydroxylamine groups is 2. The molecule has 100 valence electrons. The molecule has 2 rings (SSSR count). The van der Waals surface area contributed by atoms with Crippen molar-refractivity contribution in [2.75, 3.05) is 0 Å². The molecule has 4 nitrogen and oxygen atoms in total. The first-order chi connectivity index (χ1) is 8.77. The second kappa shape index (κ2) is 6.69. The van der Waals surface area contributed by atoms with Gasteiger partial charge >= 0.3 is 0 Å². The van der Waals surface area contributed by atoms with Gasteiger partial charge in [-0.2, -0.15) is 5.06 Å². The minimum Gasteiger partial charge on any atom is -0.272 e. The van der Waals surface area contributed by atoms with Gasteiger partial charge in [0.05, 0.1) is 6.10 Å². The standard InChI is InChI=1S/C14H21NO3/c16-13-10-11-14(17)15(13)18-12-8-6-4-2-1-3-5-7-9-12/h2,4,12H,1,3,5-11H2/b4-2-. The Bertz CT molecular complexity index is 322. The van der Waals surface area contributed by atoms with E-state index in [9.17, 15) is 9.59 Å². The summed E-state index contributed by atoms with van der Waals surface area (Å²) in [5.74, 6) is -0.375. The van der Waals surface area contributed by atoms with Crippen LogP contribution in [0.15, 0.2) is 12.2 Å². The van der Waals surface area contributed by atoms with Crippen molar-refractivity contribution in [3.05, 3.63) is 12.2 Å². The van der Waals surface area contributed by atoms with E-state index in [1.54, 1.807) is 0 Å². The summed E-state index contributed by atoms with van der Waals surface area (Å²) >= 11 is 0. The molecule has 1 unspecified atom stereocenters. The summed E-state index contributed by atoms with van der Waals surface area (Å²) in [5.41, 5.74) is 0. The average molecular weight is 251 g/mol. The highest BCUT2D eigenvalue weighted by molar-refractivity contribution is 6.00. The first-order valence-electron chi connectivity index (χ1n) is 6.95. The zero-order chi connectivity index (χ0) is 12.8. The summed E-state index contributed by atoms with van der Waals surface area (Å²) in [5, 5.41) is 1.00. The van der Waals surface area contributed by atoms with Crippen LogP contribution in [0.25, 0.3) is 0 Å². The Morgan fingerprint density at radius 3 is 2.44 bits per heavy atom. The van der Waals surface area contributed by atoms with E-state index in [2.05, 4.69) is 12.2 Å². The van der Waals surface area contributed by atoms with Crippen LogP contribution in [-0.4, -0.2) is 23.0 Å². The van der Waals surface area contributed by atoms with Crippen LogP contribution in [0.2, 0.25) is 0 Å². The van der Waals surface area contributed by atoms with Crippen LogP contribution in [-0.2, 0) is 14.4 Å². The van der Waals surface area contributed by atoms with E-state index in [1.807, 2.05) is 0 Å².